The van der Waals surface area contributed by atoms with Gasteiger partial charge in [0.1, 0.15) is 0 Å². The van der Waals surface area contributed by atoms with Crippen molar-refractivity contribution in [2.75, 3.05) is 0 Å². The number of aromatic nitrogens is 2. The first-order valence-corrected chi connectivity index (χ1v) is 13.3. The van der Waals surface area contributed by atoms with E-state index in [2.05, 4.69) is 0 Å². The van der Waals surface area contributed by atoms with Gasteiger partial charge in [0.2, 0.25) is 0 Å². The van der Waals surface area contributed by atoms with E-state index in [0.717, 1.165) is 4.57 Å². The van der Waals surface area contributed by atoms with Crippen molar-refractivity contribution in [2.45, 2.75) is 6.92 Å². The van der Waals surface area contributed by atoms with E-state index < -0.39 is 240 Å². The van der Waals surface area contributed by atoms with Gasteiger partial charge in [-0.1, -0.05) is 120 Å². The summed E-state index contributed by atoms with van der Waals surface area (Å²) in [4.78, 5) is 0. The first-order valence-electron chi connectivity index (χ1n) is 26.8. The van der Waals surface area contributed by atoms with E-state index in [0.29, 0.717) is 4.57 Å². The van der Waals surface area contributed by atoms with Crippen LogP contribution in [0.25, 0.3) is 77.2 Å². The summed E-state index contributed by atoms with van der Waals surface area (Å²) < 4.78 is 243. The Balaban J connectivity index is 1.49. The van der Waals surface area contributed by atoms with E-state index in [-0.39, 0.29) is 5.56 Å². The SMILES string of the molecule is [2H]c1c([2H])c(-c2c([2H])c([2H])c(-c3c([2H])c([2H])c(C)c([2H])c3[2H])c([2H])c2[2H])c([2H])c(-n2c3c([2H])c([2H])c([2H])c([2H])c3c3c([2H])c(-n4c5c([2H])c([2H])c([2H])c([2H])c5c5c([2H])c([2H])c([2H])c([2H])c54)c([2H])c([2H])c32)c1[2H]. The molecule has 45 heavy (non-hydrogen) atoms. The highest BCUT2D eigenvalue weighted by molar-refractivity contribution is 6.12. The highest BCUT2D eigenvalue weighted by atomic mass is 15.0. The minimum absolute atomic E-state index is 0.0697. The zero-order valence-corrected chi connectivity index (χ0v) is 22.9. The first kappa shape index (κ1) is 10.4. The summed E-state index contributed by atoms with van der Waals surface area (Å²) in [6, 6.07) is -23.7. The monoisotopic (exact) mass is 601 g/mol. The first-order chi connectivity index (χ1) is 33.5. The van der Waals surface area contributed by atoms with Crippen LogP contribution in [-0.2, 0) is 0 Å². The van der Waals surface area contributed by atoms with Crippen molar-refractivity contribution < 1.29 is 37.0 Å². The van der Waals surface area contributed by atoms with Gasteiger partial charge < -0.3 is 9.13 Å². The number of para-hydroxylation sites is 3. The molecule has 0 aliphatic heterocycles. The average molecular weight is 602 g/mol. The van der Waals surface area contributed by atoms with Gasteiger partial charge in [-0.15, -0.1) is 0 Å². The molecule has 9 aromatic rings. The van der Waals surface area contributed by atoms with Crippen molar-refractivity contribution in [2.24, 2.45) is 0 Å². The van der Waals surface area contributed by atoms with Gasteiger partial charge in [0.25, 0.3) is 0 Å². The van der Waals surface area contributed by atoms with Gasteiger partial charge in [-0.3, -0.25) is 0 Å². The van der Waals surface area contributed by atoms with Crippen LogP contribution in [0.15, 0.2) is 163 Å². The lowest BCUT2D eigenvalue weighted by Crippen LogP contribution is -1.96. The maximum atomic E-state index is 9.84. The van der Waals surface area contributed by atoms with Gasteiger partial charge in [-0.2, -0.15) is 0 Å². The summed E-state index contributed by atoms with van der Waals surface area (Å²) in [5.41, 5.74) is -7.19. The molecule has 0 atom stereocenters. The number of benzene rings is 7. The molecule has 0 spiro atoms. The Morgan fingerprint density at radius 3 is 1.38 bits per heavy atom. The molecule has 0 N–H and O–H groups in total. The van der Waals surface area contributed by atoms with Crippen LogP contribution < -0.4 is 0 Å². The van der Waals surface area contributed by atoms with Crippen LogP contribution in [0, 0.1) is 6.92 Å². The molecule has 0 fully saturated rings. The second-order valence-corrected chi connectivity index (χ2v) is 9.76. The van der Waals surface area contributed by atoms with Crippen LogP contribution in [0.3, 0.4) is 0 Å². The van der Waals surface area contributed by atoms with Crippen molar-refractivity contribution in [1.82, 2.24) is 9.13 Å². The maximum Gasteiger partial charge on any atom is 0.0652 e. The van der Waals surface area contributed by atoms with Gasteiger partial charge in [0, 0.05) is 32.9 Å². The summed E-state index contributed by atoms with van der Waals surface area (Å²) in [5.74, 6) is 0. The lowest BCUT2D eigenvalue weighted by molar-refractivity contribution is 1.17. The zero-order chi connectivity index (χ0) is 53.4. The Kier molecular flexibility index (Phi) is 2.33. The second kappa shape index (κ2) is 10.1. The predicted molar refractivity (Wildman–Crippen MR) is 191 cm³/mol. The van der Waals surface area contributed by atoms with Crippen molar-refractivity contribution in [3.05, 3.63) is 169 Å². The maximum absolute atomic E-state index is 9.84. The molecule has 9 rings (SSSR count). The molecule has 0 aliphatic rings. The molecule has 2 heteroatoms. The molecular weight excluding hydrogens is 544 g/mol. The molecule has 2 heterocycles. The Bertz CT molecular complexity index is 3940. The minimum atomic E-state index is -1.06. The lowest BCUT2D eigenvalue weighted by Gasteiger charge is -2.12. The van der Waals surface area contributed by atoms with Gasteiger partial charge in [-0.25, -0.2) is 0 Å². The summed E-state index contributed by atoms with van der Waals surface area (Å²) in [7, 11) is 0. The zero-order valence-electron chi connectivity index (χ0n) is 49.9. The van der Waals surface area contributed by atoms with Gasteiger partial charge in [0.15, 0.2) is 0 Å². The largest absolute Gasteiger partial charge is 0.309 e. The number of rotatable bonds is 4. The summed E-state index contributed by atoms with van der Waals surface area (Å²) in [6.45, 7) is 1.31. The number of fused-ring (bicyclic) bond motifs is 6. The fourth-order valence-corrected chi connectivity index (χ4v) is 5.12. The normalized spacial score (nSPS) is 20.1. The molecule has 0 saturated carbocycles. The van der Waals surface area contributed by atoms with E-state index in [1.165, 1.54) is 6.92 Å². The van der Waals surface area contributed by atoms with Crippen molar-refractivity contribution in [3.63, 3.8) is 0 Å². The third kappa shape index (κ3) is 4.11. The second-order valence-electron chi connectivity index (χ2n) is 9.76. The Labute approximate surface area is 300 Å². The number of hydrogen-bond acceptors (Lipinski definition) is 0. The molecular formula is C43H30N2. The van der Waals surface area contributed by atoms with Crippen molar-refractivity contribution in [3.8, 4) is 33.6 Å². The topological polar surface area (TPSA) is 9.86 Å². The number of nitrogens with zero attached hydrogens (tertiary/aromatic N) is 2. The van der Waals surface area contributed by atoms with Crippen molar-refractivity contribution >= 4 is 43.6 Å². The molecule has 0 unspecified atom stereocenters. The van der Waals surface area contributed by atoms with Crippen LogP contribution >= 0.6 is 0 Å². The Morgan fingerprint density at radius 2 is 0.800 bits per heavy atom. The van der Waals surface area contributed by atoms with Crippen LogP contribution in [-0.4, -0.2) is 9.13 Å². The van der Waals surface area contributed by atoms with Gasteiger partial charge in [0.05, 0.1) is 59.1 Å². The van der Waals surface area contributed by atoms with E-state index in [9.17, 15) is 8.22 Å². The third-order valence-corrected chi connectivity index (χ3v) is 7.11. The average Bonchev–Trinajstić information content (AvgIpc) is 3.89. The molecule has 0 radical (unpaired) electrons. The molecule has 0 saturated heterocycles. The van der Waals surface area contributed by atoms with Crippen LogP contribution in [0.1, 0.15) is 42.6 Å². The molecule has 0 aliphatic carbocycles. The highest BCUT2D eigenvalue weighted by Crippen LogP contribution is 2.37. The standard InChI is InChI=1S/C43H30N2/c1-29-17-19-30(20-18-29)31-21-23-32(24-22-31)33-9-8-10-34(27-33)44-42-16-7-4-13-38(42)39-28-35(25-26-43(39)44)45-40-14-5-2-11-36(40)37-12-3-6-15-41(37)45/h2-28H,1H3/i2D,3D,4D,5D,6D,7D,8D,9D,10D,11D,12D,13D,14D,15D,16D,17D,18D,19D,20D,21D,22D,23D,24D,25D,26D,27D,28D. The van der Waals surface area contributed by atoms with Gasteiger partial charge >= 0.3 is 0 Å². The summed E-state index contributed by atoms with van der Waals surface area (Å²) >= 11 is 0. The van der Waals surface area contributed by atoms with E-state index in [1.807, 2.05) is 0 Å². The molecule has 7 aromatic carbocycles. The highest BCUT2D eigenvalue weighted by Gasteiger charge is 2.16. The molecule has 212 valence electrons. The number of hydrogen-bond donors (Lipinski definition) is 0. The lowest BCUT2D eigenvalue weighted by atomic mass is 9.99. The summed E-state index contributed by atoms with van der Waals surface area (Å²) in [5, 5.41) is -2.14. The van der Waals surface area contributed by atoms with E-state index in [1.54, 1.807) is 0 Å². The predicted octanol–water partition coefficient (Wildman–Crippen LogP) is 11.5. The molecule has 0 amide bonds. The molecule has 2 nitrogen and oxygen atoms in total. The van der Waals surface area contributed by atoms with Crippen LogP contribution in [0.5, 0.6) is 0 Å². The van der Waals surface area contributed by atoms with Crippen LogP contribution in [0.2, 0.25) is 0 Å². The Morgan fingerprint density at radius 1 is 0.356 bits per heavy atom. The third-order valence-electron chi connectivity index (χ3n) is 7.11. The molecule has 0 bridgehead atoms. The van der Waals surface area contributed by atoms with E-state index >= 15 is 0 Å². The van der Waals surface area contributed by atoms with Gasteiger partial charge in [-0.05, 0) is 77.5 Å². The van der Waals surface area contributed by atoms with Crippen LogP contribution in [0.4, 0.5) is 0 Å². The minimum Gasteiger partial charge on any atom is -0.309 e. The smallest absolute Gasteiger partial charge is 0.0652 e. The van der Waals surface area contributed by atoms with Crippen molar-refractivity contribution in [1.29, 1.82) is 0 Å². The fraction of sp³-hybridized carbons (Fsp3) is 0.0233. The van der Waals surface area contributed by atoms with E-state index in [4.69, 9.17) is 28.8 Å². The quantitative estimate of drug-likeness (QED) is 0.190. The fourth-order valence-electron chi connectivity index (χ4n) is 5.12. The molecule has 2 aromatic heterocycles. The summed E-state index contributed by atoms with van der Waals surface area (Å²) in [6.07, 6.45) is 0. The Hall–Kier alpha value is -5.86.